The number of benzene rings is 2. The van der Waals surface area contributed by atoms with E-state index >= 15 is 0 Å². The average Bonchev–Trinajstić information content (AvgIpc) is 2.81. The number of ether oxygens (including phenoxy) is 1. The Morgan fingerprint density at radius 1 is 1.10 bits per heavy atom. The summed E-state index contributed by atoms with van der Waals surface area (Å²) < 4.78 is 5.48. The second-order valence-corrected chi connectivity index (χ2v) is 8.19. The van der Waals surface area contributed by atoms with Crippen LogP contribution in [0.3, 0.4) is 0 Å². The molecule has 1 aromatic heterocycles. The van der Waals surface area contributed by atoms with Crippen LogP contribution >= 0.6 is 24.0 Å². The highest BCUT2D eigenvalue weighted by molar-refractivity contribution is 7.98. The van der Waals surface area contributed by atoms with Crippen LogP contribution in [0, 0.1) is 0 Å². The number of nitrogen functional groups attached to an aromatic ring is 1. The van der Waals surface area contributed by atoms with Crippen molar-refractivity contribution in [2.75, 3.05) is 53.8 Å². The first-order valence-electron chi connectivity index (χ1n) is 9.90. The van der Waals surface area contributed by atoms with E-state index in [1.54, 1.807) is 11.8 Å². The number of nitrogens with zero attached hydrogens (tertiary/aromatic N) is 3. The van der Waals surface area contributed by atoms with Crippen molar-refractivity contribution < 1.29 is 4.74 Å². The van der Waals surface area contributed by atoms with Gasteiger partial charge in [0.25, 0.3) is 0 Å². The molecule has 9 heteroatoms. The number of thiocarbonyl (C=S) groups is 1. The minimum atomic E-state index is 0.473. The maximum atomic E-state index is 5.96. The van der Waals surface area contributed by atoms with E-state index in [0.29, 0.717) is 16.6 Å². The lowest BCUT2D eigenvalue weighted by molar-refractivity contribution is 0.122. The van der Waals surface area contributed by atoms with Gasteiger partial charge in [-0.25, -0.2) is 9.97 Å². The van der Waals surface area contributed by atoms with Gasteiger partial charge in [0, 0.05) is 30.5 Å². The Labute approximate surface area is 191 Å². The van der Waals surface area contributed by atoms with Gasteiger partial charge in [-0.1, -0.05) is 12.1 Å². The van der Waals surface area contributed by atoms with Gasteiger partial charge in [-0.2, -0.15) is 0 Å². The molecule has 1 fully saturated rings. The van der Waals surface area contributed by atoms with Gasteiger partial charge >= 0.3 is 0 Å². The number of para-hydroxylation sites is 2. The molecule has 0 amide bonds. The maximum absolute atomic E-state index is 5.96. The molecule has 1 aliphatic heterocycles. The largest absolute Gasteiger partial charge is 0.397 e. The van der Waals surface area contributed by atoms with Gasteiger partial charge in [0.2, 0.25) is 0 Å². The van der Waals surface area contributed by atoms with E-state index in [0.717, 1.165) is 54.0 Å². The summed E-state index contributed by atoms with van der Waals surface area (Å²) in [6.45, 7) is 3.11. The summed E-state index contributed by atoms with van der Waals surface area (Å²) in [5.74, 6) is 1.66. The first-order chi connectivity index (χ1) is 15.1. The fraction of sp³-hybridized carbons (Fsp3) is 0.227. The minimum Gasteiger partial charge on any atom is -0.397 e. The lowest BCUT2D eigenvalue weighted by atomic mass is 10.2. The predicted octanol–water partition coefficient (Wildman–Crippen LogP) is 4.09. The van der Waals surface area contributed by atoms with Gasteiger partial charge in [-0.3, -0.25) is 0 Å². The molecule has 1 aliphatic rings. The molecule has 0 unspecified atom stereocenters. The molecule has 3 aromatic rings. The molecule has 0 spiro atoms. The number of morpholine rings is 1. The predicted molar refractivity (Wildman–Crippen MR) is 133 cm³/mol. The summed E-state index contributed by atoms with van der Waals surface area (Å²) in [6, 6.07) is 15.4. The molecule has 160 valence electrons. The van der Waals surface area contributed by atoms with Crippen molar-refractivity contribution in [1.29, 1.82) is 0 Å². The van der Waals surface area contributed by atoms with Gasteiger partial charge < -0.3 is 26.0 Å². The fourth-order valence-corrected chi connectivity index (χ4v) is 3.99. The van der Waals surface area contributed by atoms with E-state index in [-0.39, 0.29) is 0 Å². The van der Waals surface area contributed by atoms with Gasteiger partial charge in [-0.15, -0.1) is 11.8 Å². The fourth-order valence-electron chi connectivity index (χ4n) is 3.24. The van der Waals surface area contributed by atoms with Crippen LogP contribution in [-0.2, 0) is 4.74 Å². The summed E-state index contributed by atoms with van der Waals surface area (Å²) in [5.41, 5.74) is 9.18. The molecular formula is C22H24N6OS2. The molecule has 31 heavy (non-hydrogen) atoms. The number of nitrogens with two attached hydrogens (primary N) is 1. The van der Waals surface area contributed by atoms with Crippen LogP contribution in [-0.4, -0.2) is 47.6 Å². The highest BCUT2D eigenvalue weighted by Crippen LogP contribution is 2.29. The Balaban J connectivity index is 1.47. The SMILES string of the molecule is CSc1cnc(-c2ccc(NC(=S)Nc3ccccc3N)cc2)nc1N1CCOCC1. The van der Waals surface area contributed by atoms with E-state index in [4.69, 9.17) is 27.7 Å². The van der Waals surface area contributed by atoms with Gasteiger partial charge in [0.15, 0.2) is 10.9 Å². The third-order valence-electron chi connectivity index (χ3n) is 4.88. The van der Waals surface area contributed by atoms with Crippen molar-refractivity contribution in [2.24, 2.45) is 0 Å². The molecule has 4 rings (SSSR count). The van der Waals surface area contributed by atoms with Gasteiger partial charge in [0.05, 0.1) is 29.5 Å². The van der Waals surface area contributed by atoms with Gasteiger partial charge in [0.1, 0.15) is 5.82 Å². The quantitative estimate of drug-likeness (QED) is 0.301. The summed E-state index contributed by atoms with van der Waals surface area (Å²) in [5, 5.41) is 6.76. The molecule has 0 atom stereocenters. The van der Waals surface area contributed by atoms with E-state index < -0.39 is 0 Å². The number of hydrogen-bond acceptors (Lipinski definition) is 7. The molecule has 0 bridgehead atoms. The van der Waals surface area contributed by atoms with E-state index in [1.807, 2.05) is 61.0 Å². The first-order valence-corrected chi connectivity index (χ1v) is 11.5. The molecule has 0 radical (unpaired) electrons. The maximum Gasteiger partial charge on any atom is 0.175 e. The molecule has 0 aliphatic carbocycles. The van der Waals surface area contributed by atoms with Gasteiger partial charge in [-0.05, 0) is 54.9 Å². The van der Waals surface area contributed by atoms with Crippen molar-refractivity contribution >= 4 is 52.0 Å². The Morgan fingerprint density at radius 2 is 1.84 bits per heavy atom. The minimum absolute atomic E-state index is 0.473. The second-order valence-electron chi connectivity index (χ2n) is 6.93. The number of rotatable bonds is 5. The number of hydrogen-bond donors (Lipinski definition) is 3. The van der Waals surface area contributed by atoms with E-state index in [9.17, 15) is 0 Å². The van der Waals surface area contributed by atoms with Crippen LogP contribution in [0.1, 0.15) is 0 Å². The monoisotopic (exact) mass is 452 g/mol. The normalized spacial score (nSPS) is 13.6. The summed E-state index contributed by atoms with van der Waals surface area (Å²) in [7, 11) is 0. The molecule has 7 nitrogen and oxygen atoms in total. The Kier molecular flexibility index (Phi) is 6.86. The zero-order valence-corrected chi connectivity index (χ0v) is 18.8. The molecule has 1 saturated heterocycles. The highest BCUT2D eigenvalue weighted by atomic mass is 32.2. The summed E-state index contributed by atoms with van der Waals surface area (Å²) >= 11 is 7.06. The summed E-state index contributed by atoms with van der Waals surface area (Å²) in [6.07, 6.45) is 3.94. The third-order valence-corrected chi connectivity index (χ3v) is 5.81. The number of nitrogens with one attached hydrogen (secondary N) is 2. The van der Waals surface area contributed by atoms with Crippen molar-refractivity contribution in [1.82, 2.24) is 9.97 Å². The number of anilines is 4. The Bertz CT molecular complexity index is 1050. The topological polar surface area (TPSA) is 88.3 Å². The van der Waals surface area contributed by atoms with Crippen LogP contribution in [0.5, 0.6) is 0 Å². The van der Waals surface area contributed by atoms with Crippen LogP contribution in [0.2, 0.25) is 0 Å². The van der Waals surface area contributed by atoms with Crippen molar-refractivity contribution in [3.8, 4) is 11.4 Å². The molecule has 2 aromatic carbocycles. The smallest absolute Gasteiger partial charge is 0.175 e. The third kappa shape index (κ3) is 5.25. The average molecular weight is 453 g/mol. The molecule has 2 heterocycles. The van der Waals surface area contributed by atoms with Crippen LogP contribution in [0.15, 0.2) is 59.6 Å². The lowest BCUT2D eigenvalue weighted by Crippen LogP contribution is -2.37. The lowest BCUT2D eigenvalue weighted by Gasteiger charge is -2.29. The molecule has 4 N–H and O–H groups in total. The van der Waals surface area contributed by atoms with Crippen LogP contribution < -0.4 is 21.3 Å². The molecule has 0 saturated carbocycles. The highest BCUT2D eigenvalue weighted by Gasteiger charge is 2.18. The van der Waals surface area contributed by atoms with Crippen molar-refractivity contribution in [2.45, 2.75) is 4.90 Å². The number of thioether (sulfide) groups is 1. The second kappa shape index (κ2) is 9.95. The Morgan fingerprint density at radius 3 is 2.55 bits per heavy atom. The number of aromatic nitrogens is 2. The summed E-state index contributed by atoms with van der Waals surface area (Å²) in [4.78, 5) is 12.8. The van der Waals surface area contributed by atoms with E-state index in [1.165, 1.54) is 0 Å². The van der Waals surface area contributed by atoms with Crippen molar-refractivity contribution in [3.63, 3.8) is 0 Å². The molecular weight excluding hydrogens is 428 g/mol. The standard InChI is InChI=1S/C22H24N6OS2/c1-31-19-14-24-20(27-21(19)28-10-12-29-13-11-28)15-6-8-16(9-7-15)25-22(30)26-18-5-3-2-4-17(18)23/h2-9,14H,10-13,23H2,1H3,(H2,25,26,30). The Hall–Kier alpha value is -2.88. The van der Waals surface area contributed by atoms with Crippen LogP contribution in [0.4, 0.5) is 22.9 Å². The zero-order valence-electron chi connectivity index (χ0n) is 17.2. The zero-order chi connectivity index (χ0) is 21.6. The van der Waals surface area contributed by atoms with E-state index in [2.05, 4.69) is 20.5 Å². The van der Waals surface area contributed by atoms with Crippen molar-refractivity contribution in [3.05, 3.63) is 54.7 Å². The van der Waals surface area contributed by atoms with Crippen LogP contribution in [0.25, 0.3) is 11.4 Å². The first kappa shape index (κ1) is 21.4.